The van der Waals surface area contributed by atoms with E-state index in [1.165, 1.54) is 32.2 Å². The van der Waals surface area contributed by atoms with Gasteiger partial charge in [0.1, 0.15) is 6.33 Å². The minimum Gasteiger partial charge on any atom is -0.314 e. The highest BCUT2D eigenvalue weighted by Gasteiger charge is 2.19. The van der Waals surface area contributed by atoms with E-state index < -0.39 is 0 Å². The average molecular weight is 223 g/mol. The number of nitrogens with zero attached hydrogens (tertiary/aromatic N) is 2. The molecule has 0 aromatic carbocycles. The second kappa shape index (κ2) is 6.08. The molecule has 1 N–H and O–H groups in total. The van der Waals surface area contributed by atoms with E-state index in [0.717, 1.165) is 16.8 Å². The molecule has 1 aromatic rings. The molecule has 1 fully saturated rings. The number of hydrogen-bond donors (Lipinski definition) is 1. The van der Waals surface area contributed by atoms with Crippen molar-refractivity contribution >= 4 is 11.8 Å². The Morgan fingerprint density at radius 3 is 3.07 bits per heavy atom. The lowest BCUT2D eigenvalue weighted by Gasteiger charge is -2.02. The van der Waals surface area contributed by atoms with Gasteiger partial charge in [0.15, 0.2) is 0 Å². The number of thioether (sulfide) groups is 1. The van der Waals surface area contributed by atoms with Crippen LogP contribution >= 0.6 is 11.8 Å². The highest BCUT2D eigenvalue weighted by Crippen LogP contribution is 2.19. The third-order valence-corrected chi connectivity index (χ3v) is 3.42. The Bertz CT molecular complexity index is 274. The minimum atomic E-state index is 0.847. The zero-order chi connectivity index (χ0) is 10.3. The van der Waals surface area contributed by atoms with E-state index in [2.05, 4.69) is 15.3 Å². The predicted molar refractivity (Wildman–Crippen MR) is 63.0 cm³/mol. The van der Waals surface area contributed by atoms with Gasteiger partial charge in [-0.1, -0.05) is 0 Å². The van der Waals surface area contributed by atoms with Gasteiger partial charge < -0.3 is 5.32 Å². The summed E-state index contributed by atoms with van der Waals surface area (Å²) in [5, 5.41) is 4.60. The molecule has 2 rings (SSSR count). The van der Waals surface area contributed by atoms with Crippen LogP contribution in [0.3, 0.4) is 0 Å². The Labute approximate surface area is 95.1 Å². The van der Waals surface area contributed by atoms with Crippen molar-refractivity contribution in [3.8, 4) is 0 Å². The van der Waals surface area contributed by atoms with Gasteiger partial charge in [-0.2, -0.15) is 0 Å². The molecule has 1 aliphatic rings. The fourth-order valence-corrected chi connectivity index (χ4v) is 2.20. The van der Waals surface area contributed by atoms with Gasteiger partial charge in [0.25, 0.3) is 0 Å². The molecule has 0 spiro atoms. The summed E-state index contributed by atoms with van der Waals surface area (Å²) in [6.45, 7) is 1.18. The van der Waals surface area contributed by atoms with Crippen molar-refractivity contribution in [1.29, 1.82) is 0 Å². The highest BCUT2D eigenvalue weighted by molar-refractivity contribution is 7.99. The lowest BCUT2D eigenvalue weighted by atomic mass is 10.3. The maximum Gasteiger partial charge on any atom is 0.116 e. The summed E-state index contributed by atoms with van der Waals surface area (Å²) >= 11 is 1.82. The molecule has 1 aliphatic carbocycles. The molecular formula is C11H17N3S. The summed E-state index contributed by atoms with van der Waals surface area (Å²) in [6.07, 6.45) is 8.70. The van der Waals surface area contributed by atoms with E-state index in [0.29, 0.717) is 0 Å². The quantitative estimate of drug-likeness (QED) is 0.436. The predicted octanol–water partition coefficient (Wildman–Crippen LogP) is 2.10. The molecule has 1 aromatic heterocycles. The maximum absolute atomic E-state index is 4.17. The molecule has 1 saturated carbocycles. The molecule has 15 heavy (non-hydrogen) atoms. The summed E-state index contributed by atoms with van der Waals surface area (Å²) in [5.41, 5.74) is 0. The molecular weight excluding hydrogens is 206 g/mol. The third-order valence-electron chi connectivity index (χ3n) is 2.39. The van der Waals surface area contributed by atoms with E-state index in [9.17, 15) is 0 Å². The number of nitrogens with one attached hydrogen (secondary N) is 1. The van der Waals surface area contributed by atoms with Gasteiger partial charge >= 0.3 is 0 Å². The van der Waals surface area contributed by atoms with Crippen molar-refractivity contribution in [3.05, 3.63) is 18.6 Å². The Kier molecular flexibility index (Phi) is 4.41. The molecule has 0 radical (unpaired) electrons. The van der Waals surface area contributed by atoms with E-state index in [-0.39, 0.29) is 0 Å². The Morgan fingerprint density at radius 1 is 1.40 bits per heavy atom. The fraction of sp³-hybridized carbons (Fsp3) is 0.636. The summed E-state index contributed by atoms with van der Waals surface area (Å²) < 4.78 is 0. The molecule has 0 saturated heterocycles. The number of unbranched alkanes of at least 4 members (excludes halogenated alkanes) is 1. The van der Waals surface area contributed by atoms with Crippen LogP contribution in [-0.2, 0) is 0 Å². The molecule has 0 unspecified atom stereocenters. The summed E-state index contributed by atoms with van der Waals surface area (Å²) in [7, 11) is 0. The van der Waals surface area contributed by atoms with Gasteiger partial charge in [0.05, 0.1) is 5.03 Å². The highest BCUT2D eigenvalue weighted by atomic mass is 32.2. The molecule has 4 heteroatoms. The molecule has 0 bridgehead atoms. The minimum absolute atomic E-state index is 0.847. The zero-order valence-electron chi connectivity index (χ0n) is 8.85. The third kappa shape index (κ3) is 4.62. The fourth-order valence-electron chi connectivity index (χ4n) is 1.36. The SMILES string of the molecule is c1cc(SCCCCNC2CC2)ncn1. The van der Waals surface area contributed by atoms with Crippen molar-refractivity contribution < 1.29 is 0 Å². The number of aromatic nitrogens is 2. The van der Waals surface area contributed by atoms with E-state index in [4.69, 9.17) is 0 Å². The molecule has 3 nitrogen and oxygen atoms in total. The van der Waals surface area contributed by atoms with Crippen LogP contribution in [0.15, 0.2) is 23.6 Å². The molecule has 1 heterocycles. The lowest BCUT2D eigenvalue weighted by molar-refractivity contribution is 0.640. The van der Waals surface area contributed by atoms with Gasteiger partial charge in [0.2, 0.25) is 0 Å². The molecule has 0 amide bonds. The average Bonchev–Trinajstić information content (AvgIpc) is 3.09. The first-order valence-corrected chi connectivity index (χ1v) is 6.56. The van der Waals surface area contributed by atoms with Gasteiger partial charge in [-0.15, -0.1) is 11.8 Å². The molecule has 0 aliphatic heterocycles. The van der Waals surface area contributed by atoms with E-state index in [1.54, 1.807) is 12.5 Å². The van der Waals surface area contributed by atoms with Gasteiger partial charge in [-0.3, -0.25) is 0 Å². The van der Waals surface area contributed by atoms with Crippen LogP contribution in [0.4, 0.5) is 0 Å². The molecule has 0 atom stereocenters. The van der Waals surface area contributed by atoms with Crippen LogP contribution in [-0.4, -0.2) is 28.3 Å². The van der Waals surface area contributed by atoms with Crippen LogP contribution < -0.4 is 5.32 Å². The van der Waals surface area contributed by atoms with Gasteiger partial charge in [-0.05, 0) is 44.0 Å². The Hall–Kier alpha value is -0.610. The smallest absolute Gasteiger partial charge is 0.116 e. The topological polar surface area (TPSA) is 37.8 Å². The van der Waals surface area contributed by atoms with Crippen LogP contribution in [0.5, 0.6) is 0 Å². The van der Waals surface area contributed by atoms with Gasteiger partial charge in [-0.25, -0.2) is 9.97 Å². The van der Waals surface area contributed by atoms with Crippen molar-refractivity contribution in [3.63, 3.8) is 0 Å². The summed E-state index contributed by atoms with van der Waals surface area (Å²) in [5.74, 6) is 1.16. The molecule has 82 valence electrons. The lowest BCUT2D eigenvalue weighted by Crippen LogP contribution is -2.17. The zero-order valence-corrected chi connectivity index (χ0v) is 9.67. The largest absolute Gasteiger partial charge is 0.314 e. The van der Waals surface area contributed by atoms with E-state index in [1.807, 2.05) is 17.8 Å². The van der Waals surface area contributed by atoms with Crippen LogP contribution in [0.2, 0.25) is 0 Å². The Balaban J connectivity index is 1.47. The second-order valence-electron chi connectivity index (χ2n) is 3.83. The normalized spacial score (nSPS) is 15.5. The monoisotopic (exact) mass is 223 g/mol. The second-order valence-corrected chi connectivity index (χ2v) is 4.95. The first-order valence-electron chi connectivity index (χ1n) is 5.57. The van der Waals surface area contributed by atoms with Crippen molar-refractivity contribution in [2.24, 2.45) is 0 Å². The number of rotatable bonds is 7. The van der Waals surface area contributed by atoms with Crippen molar-refractivity contribution in [2.45, 2.75) is 36.8 Å². The number of hydrogen-bond acceptors (Lipinski definition) is 4. The first kappa shape index (κ1) is 10.9. The maximum atomic E-state index is 4.17. The van der Waals surface area contributed by atoms with Crippen molar-refractivity contribution in [1.82, 2.24) is 15.3 Å². The van der Waals surface area contributed by atoms with Crippen LogP contribution in [0.1, 0.15) is 25.7 Å². The first-order chi connectivity index (χ1) is 7.45. The van der Waals surface area contributed by atoms with E-state index >= 15 is 0 Å². The summed E-state index contributed by atoms with van der Waals surface area (Å²) in [6, 6.07) is 2.81. The Morgan fingerprint density at radius 2 is 2.33 bits per heavy atom. The summed E-state index contributed by atoms with van der Waals surface area (Å²) in [4.78, 5) is 8.07. The standard InChI is InChI=1S/C11H17N3S/c1(6-13-10-3-4-10)2-8-15-11-5-7-12-9-14-11/h5,7,9-10,13H,1-4,6,8H2. The van der Waals surface area contributed by atoms with Crippen LogP contribution in [0, 0.1) is 0 Å². The van der Waals surface area contributed by atoms with Crippen molar-refractivity contribution in [2.75, 3.05) is 12.3 Å². The van der Waals surface area contributed by atoms with Gasteiger partial charge in [0, 0.05) is 12.2 Å². The van der Waals surface area contributed by atoms with Crippen LogP contribution in [0.25, 0.3) is 0 Å².